The van der Waals surface area contributed by atoms with Crippen LogP contribution in [0.1, 0.15) is 33.6 Å². The van der Waals surface area contributed by atoms with Crippen molar-refractivity contribution in [1.29, 1.82) is 0 Å². The number of pyridine rings is 1. The molecule has 0 spiro atoms. The monoisotopic (exact) mass is 402 g/mol. The summed E-state index contributed by atoms with van der Waals surface area (Å²) >= 11 is 5.99. The van der Waals surface area contributed by atoms with E-state index in [1.807, 2.05) is 0 Å². The average Bonchev–Trinajstić information content (AvgIpc) is 2.72. The number of likely N-dealkylation sites (tertiary alicyclic amines) is 1. The van der Waals surface area contributed by atoms with Crippen molar-refractivity contribution in [3.8, 4) is 0 Å². The molecule has 146 valence electrons. The molecule has 2 heterocycles. The van der Waals surface area contributed by atoms with E-state index >= 15 is 0 Å². The number of rotatable bonds is 5. The highest BCUT2D eigenvalue weighted by Crippen LogP contribution is 2.23. The lowest BCUT2D eigenvalue weighted by atomic mass is 9.96. The number of hydrogen-bond donors (Lipinski definition) is 1. The minimum Gasteiger partial charge on any atom is -0.352 e. The van der Waals surface area contributed by atoms with Gasteiger partial charge in [0.15, 0.2) is 0 Å². The molecule has 1 fully saturated rings. The first-order chi connectivity index (χ1) is 13.5. The molecular formula is C19H19ClN4O4. The topological polar surface area (TPSA) is 105 Å². The van der Waals surface area contributed by atoms with Gasteiger partial charge in [-0.3, -0.25) is 24.7 Å². The van der Waals surface area contributed by atoms with Crippen LogP contribution < -0.4 is 5.32 Å². The van der Waals surface area contributed by atoms with Gasteiger partial charge in [-0.15, -0.1) is 0 Å². The van der Waals surface area contributed by atoms with Crippen LogP contribution in [0.15, 0.2) is 42.7 Å². The third-order valence-electron chi connectivity index (χ3n) is 4.79. The Labute approximate surface area is 166 Å². The van der Waals surface area contributed by atoms with Gasteiger partial charge in [0.1, 0.15) is 0 Å². The van der Waals surface area contributed by atoms with Gasteiger partial charge in [-0.2, -0.15) is 0 Å². The maximum atomic E-state index is 12.4. The van der Waals surface area contributed by atoms with Crippen LogP contribution in [0.25, 0.3) is 0 Å². The summed E-state index contributed by atoms with van der Waals surface area (Å²) in [5.41, 5.74) is 0.667. The van der Waals surface area contributed by atoms with Crippen LogP contribution >= 0.6 is 11.6 Å². The fraction of sp³-hybridized carbons (Fsp3) is 0.316. The second-order valence-corrected chi connectivity index (χ2v) is 7.01. The maximum Gasteiger partial charge on any atom is 0.270 e. The van der Waals surface area contributed by atoms with E-state index in [2.05, 4.69) is 10.3 Å². The van der Waals surface area contributed by atoms with Crippen LogP contribution in [-0.2, 0) is 0 Å². The first-order valence-corrected chi connectivity index (χ1v) is 9.25. The molecule has 0 bridgehead atoms. The lowest BCUT2D eigenvalue weighted by Gasteiger charge is -2.32. The molecule has 1 saturated heterocycles. The Bertz CT molecular complexity index is 883. The Morgan fingerprint density at radius 1 is 1.21 bits per heavy atom. The summed E-state index contributed by atoms with van der Waals surface area (Å²) < 4.78 is 0. The molecule has 3 rings (SSSR count). The second-order valence-electron chi connectivity index (χ2n) is 6.60. The molecule has 2 aromatic rings. The Hall–Kier alpha value is -3.00. The van der Waals surface area contributed by atoms with E-state index in [1.165, 1.54) is 18.2 Å². The number of nitro benzene ring substituents is 1. The third-order valence-corrected chi connectivity index (χ3v) is 5.10. The van der Waals surface area contributed by atoms with E-state index in [0.29, 0.717) is 25.2 Å². The van der Waals surface area contributed by atoms with Crippen molar-refractivity contribution in [3.63, 3.8) is 0 Å². The summed E-state index contributed by atoms with van der Waals surface area (Å²) in [7, 11) is 0. The first-order valence-electron chi connectivity index (χ1n) is 8.87. The van der Waals surface area contributed by atoms with E-state index in [0.717, 1.165) is 12.8 Å². The van der Waals surface area contributed by atoms with E-state index < -0.39 is 4.92 Å². The molecule has 0 aliphatic carbocycles. The van der Waals surface area contributed by atoms with Crippen molar-refractivity contribution < 1.29 is 14.5 Å². The van der Waals surface area contributed by atoms with Gasteiger partial charge in [-0.25, -0.2) is 0 Å². The molecule has 1 aromatic carbocycles. The number of benzene rings is 1. The summed E-state index contributed by atoms with van der Waals surface area (Å²) in [6.07, 6.45) is 4.76. The van der Waals surface area contributed by atoms with Crippen molar-refractivity contribution in [2.45, 2.75) is 12.8 Å². The minimum atomic E-state index is -0.561. The molecule has 0 radical (unpaired) electrons. The number of nitrogens with one attached hydrogen (secondary N) is 1. The molecule has 0 atom stereocenters. The van der Waals surface area contributed by atoms with Crippen LogP contribution in [0.5, 0.6) is 0 Å². The van der Waals surface area contributed by atoms with Crippen molar-refractivity contribution in [2.24, 2.45) is 5.92 Å². The fourth-order valence-corrected chi connectivity index (χ4v) is 3.41. The lowest BCUT2D eigenvalue weighted by molar-refractivity contribution is -0.384. The highest BCUT2D eigenvalue weighted by molar-refractivity contribution is 6.34. The minimum absolute atomic E-state index is 0.0115. The molecule has 9 heteroatoms. The molecule has 2 amide bonds. The Morgan fingerprint density at radius 2 is 1.89 bits per heavy atom. The number of carbonyl (C=O) groups is 2. The van der Waals surface area contributed by atoms with E-state index in [4.69, 9.17) is 11.6 Å². The summed E-state index contributed by atoms with van der Waals surface area (Å²) in [6.45, 7) is 1.71. The number of carbonyl (C=O) groups excluding carboxylic acids is 2. The zero-order valence-electron chi connectivity index (χ0n) is 15.0. The predicted octanol–water partition coefficient (Wildman–Crippen LogP) is 2.93. The standard InChI is InChI=1S/C19H19ClN4O4/c20-17-11-15(24(27)28)1-2-16(17)18(25)22-12-13-5-9-23(10-6-13)19(26)14-3-7-21-8-4-14/h1-4,7-8,11,13H,5-6,9-10,12H2,(H,22,25). The average molecular weight is 403 g/mol. The van der Waals surface area contributed by atoms with Gasteiger partial charge in [0, 0.05) is 49.7 Å². The van der Waals surface area contributed by atoms with Crippen molar-refractivity contribution in [1.82, 2.24) is 15.2 Å². The Morgan fingerprint density at radius 3 is 2.50 bits per heavy atom. The molecule has 28 heavy (non-hydrogen) atoms. The van der Waals surface area contributed by atoms with Crippen LogP contribution in [0.4, 0.5) is 5.69 Å². The van der Waals surface area contributed by atoms with Crippen molar-refractivity contribution in [2.75, 3.05) is 19.6 Å². The van der Waals surface area contributed by atoms with Gasteiger partial charge >= 0.3 is 0 Å². The van der Waals surface area contributed by atoms with E-state index in [1.54, 1.807) is 29.4 Å². The number of nitrogens with zero attached hydrogens (tertiary/aromatic N) is 3. The van der Waals surface area contributed by atoms with E-state index in [9.17, 15) is 19.7 Å². The number of amides is 2. The van der Waals surface area contributed by atoms with E-state index in [-0.39, 0.29) is 34.0 Å². The molecule has 0 unspecified atom stereocenters. The normalized spacial score (nSPS) is 14.5. The molecule has 1 aromatic heterocycles. The number of hydrogen-bond acceptors (Lipinski definition) is 5. The molecule has 1 N–H and O–H groups in total. The highest BCUT2D eigenvalue weighted by Gasteiger charge is 2.24. The number of nitro groups is 1. The first kappa shape index (κ1) is 19.8. The second kappa shape index (κ2) is 8.79. The maximum absolute atomic E-state index is 12.4. The largest absolute Gasteiger partial charge is 0.352 e. The van der Waals surface area contributed by atoms with Gasteiger partial charge in [0.2, 0.25) is 0 Å². The van der Waals surface area contributed by atoms with Crippen molar-refractivity contribution in [3.05, 3.63) is 69.0 Å². The zero-order chi connectivity index (χ0) is 20.1. The van der Waals surface area contributed by atoms with Gasteiger partial charge in [0.25, 0.3) is 17.5 Å². The molecule has 1 aliphatic rings. The highest BCUT2D eigenvalue weighted by atomic mass is 35.5. The van der Waals surface area contributed by atoms with Crippen LogP contribution in [0, 0.1) is 16.0 Å². The zero-order valence-corrected chi connectivity index (χ0v) is 15.8. The van der Waals surface area contributed by atoms with Gasteiger partial charge in [-0.05, 0) is 37.0 Å². The van der Waals surface area contributed by atoms with Gasteiger partial charge in [0.05, 0.1) is 15.5 Å². The summed E-state index contributed by atoms with van der Waals surface area (Å²) in [5.74, 6) is -0.125. The summed E-state index contributed by atoms with van der Waals surface area (Å²) in [5, 5.41) is 13.6. The van der Waals surface area contributed by atoms with Gasteiger partial charge < -0.3 is 10.2 Å². The molecule has 8 nitrogen and oxygen atoms in total. The molecule has 0 saturated carbocycles. The van der Waals surface area contributed by atoms with Crippen LogP contribution in [0.3, 0.4) is 0 Å². The number of non-ortho nitro benzene ring substituents is 1. The SMILES string of the molecule is O=C(NCC1CCN(C(=O)c2ccncc2)CC1)c1ccc([N+](=O)[O-])cc1Cl. The molecular weight excluding hydrogens is 384 g/mol. The number of halogens is 1. The predicted molar refractivity (Wildman–Crippen MR) is 103 cm³/mol. The summed E-state index contributed by atoms with van der Waals surface area (Å²) in [4.78, 5) is 40.7. The lowest BCUT2D eigenvalue weighted by Crippen LogP contribution is -2.41. The Balaban J connectivity index is 1.49. The fourth-order valence-electron chi connectivity index (χ4n) is 3.15. The smallest absolute Gasteiger partial charge is 0.270 e. The van der Waals surface area contributed by atoms with Gasteiger partial charge in [-0.1, -0.05) is 11.6 Å². The molecule has 1 aliphatic heterocycles. The van der Waals surface area contributed by atoms with Crippen LogP contribution in [0.2, 0.25) is 5.02 Å². The number of piperidine rings is 1. The van der Waals surface area contributed by atoms with Crippen molar-refractivity contribution >= 4 is 29.1 Å². The van der Waals surface area contributed by atoms with Crippen LogP contribution in [-0.4, -0.2) is 46.3 Å². The number of aromatic nitrogens is 1. The Kier molecular flexibility index (Phi) is 6.20. The third kappa shape index (κ3) is 4.64. The quantitative estimate of drug-likeness (QED) is 0.611. The summed E-state index contributed by atoms with van der Waals surface area (Å²) in [6, 6.07) is 7.17.